The van der Waals surface area contributed by atoms with Gasteiger partial charge in [-0.05, 0) is 44.4 Å². The fraction of sp³-hybridized carbons (Fsp3) is 0.417. The molecular formula is C12H16N2. The van der Waals surface area contributed by atoms with Gasteiger partial charge in [0.2, 0.25) is 0 Å². The molecule has 0 aliphatic carbocycles. The van der Waals surface area contributed by atoms with Crippen molar-refractivity contribution in [1.82, 2.24) is 9.61 Å². The third-order valence-corrected chi connectivity index (χ3v) is 2.98. The highest BCUT2D eigenvalue weighted by Gasteiger charge is 2.10. The second-order valence-electron chi connectivity index (χ2n) is 3.83. The zero-order valence-corrected chi connectivity index (χ0v) is 9.26. The second kappa shape index (κ2) is 3.12. The fourth-order valence-electron chi connectivity index (χ4n) is 2.01. The van der Waals surface area contributed by atoms with E-state index >= 15 is 0 Å². The number of aromatic nitrogens is 2. The van der Waals surface area contributed by atoms with Gasteiger partial charge in [0.15, 0.2) is 0 Å². The van der Waals surface area contributed by atoms with Crippen LogP contribution in [0.1, 0.15) is 29.3 Å². The lowest BCUT2D eigenvalue weighted by atomic mass is 10.1. The number of rotatable bonds is 1. The summed E-state index contributed by atoms with van der Waals surface area (Å²) < 4.78 is 2.00. The minimum absolute atomic E-state index is 1.06. The molecular weight excluding hydrogens is 172 g/mol. The molecule has 0 amide bonds. The van der Waals surface area contributed by atoms with Crippen LogP contribution < -0.4 is 0 Å². The molecule has 0 aromatic carbocycles. The van der Waals surface area contributed by atoms with Crippen LogP contribution in [0.15, 0.2) is 12.3 Å². The zero-order chi connectivity index (χ0) is 10.3. The molecule has 0 saturated heterocycles. The summed E-state index contributed by atoms with van der Waals surface area (Å²) >= 11 is 0. The minimum atomic E-state index is 1.06. The maximum Gasteiger partial charge on any atom is 0.0728 e. The van der Waals surface area contributed by atoms with Crippen LogP contribution >= 0.6 is 0 Å². The molecule has 0 aliphatic heterocycles. The van der Waals surface area contributed by atoms with Crippen molar-refractivity contribution in [2.75, 3.05) is 0 Å². The lowest BCUT2D eigenvalue weighted by Crippen LogP contribution is -1.92. The average molecular weight is 188 g/mol. The lowest BCUT2D eigenvalue weighted by Gasteiger charge is -2.03. The number of nitrogens with zero attached hydrogens (tertiary/aromatic N) is 2. The van der Waals surface area contributed by atoms with Gasteiger partial charge in [-0.1, -0.05) is 6.92 Å². The molecule has 0 aliphatic rings. The average Bonchev–Trinajstić information content (AvgIpc) is 2.48. The van der Waals surface area contributed by atoms with Crippen molar-refractivity contribution in [2.24, 2.45) is 0 Å². The molecule has 2 heterocycles. The molecule has 2 aromatic rings. The standard InChI is InChI=1S/C12H16N2/c1-5-11-10(4)13-14-7-6-8(2)9(3)12(11)14/h6-7H,5H2,1-4H3. The highest BCUT2D eigenvalue weighted by molar-refractivity contribution is 5.63. The molecule has 0 fully saturated rings. The highest BCUT2D eigenvalue weighted by Crippen LogP contribution is 2.21. The molecule has 2 heteroatoms. The van der Waals surface area contributed by atoms with Crippen LogP contribution in [0, 0.1) is 20.8 Å². The number of hydrogen-bond donors (Lipinski definition) is 0. The van der Waals surface area contributed by atoms with Gasteiger partial charge in [-0.15, -0.1) is 0 Å². The van der Waals surface area contributed by atoms with Gasteiger partial charge in [-0.3, -0.25) is 0 Å². The smallest absolute Gasteiger partial charge is 0.0728 e. The number of aryl methyl sites for hydroxylation is 4. The molecule has 0 unspecified atom stereocenters. The van der Waals surface area contributed by atoms with E-state index in [-0.39, 0.29) is 0 Å². The molecule has 74 valence electrons. The van der Waals surface area contributed by atoms with E-state index in [1.165, 1.54) is 22.2 Å². The normalized spacial score (nSPS) is 11.1. The van der Waals surface area contributed by atoms with E-state index in [4.69, 9.17) is 0 Å². The Hall–Kier alpha value is -1.31. The van der Waals surface area contributed by atoms with Crippen molar-refractivity contribution >= 4 is 5.52 Å². The molecule has 0 N–H and O–H groups in total. The number of hydrogen-bond acceptors (Lipinski definition) is 1. The van der Waals surface area contributed by atoms with Gasteiger partial charge in [0.25, 0.3) is 0 Å². The first-order chi connectivity index (χ1) is 6.65. The Morgan fingerprint density at radius 3 is 2.64 bits per heavy atom. The third kappa shape index (κ3) is 1.14. The van der Waals surface area contributed by atoms with Gasteiger partial charge in [0.1, 0.15) is 0 Å². The largest absolute Gasteiger partial charge is 0.240 e. The summed E-state index contributed by atoms with van der Waals surface area (Å²) in [5, 5.41) is 4.50. The lowest BCUT2D eigenvalue weighted by molar-refractivity contribution is 0.925. The molecule has 2 rings (SSSR count). The predicted octanol–water partition coefficient (Wildman–Crippen LogP) is 2.82. The van der Waals surface area contributed by atoms with Crippen molar-refractivity contribution in [3.05, 3.63) is 34.6 Å². The van der Waals surface area contributed by atoms with Crippen LogP contribution in [0.4, 0.5) is 0 Å². The Kier molecular flexibility index (Phi) is 2.06. The van der Waals surface area contributed by atoms with Gasteiger partial charge in [0, 0.05) is 11.8 Å². The van der Waals surface area contributed by atoms with Crippen molar-refractivity contribution in [3.8, 4) is 0 Å². The van der Waals surface area contributed by atoms with Crippen LogP contribution in [-0.2, 0) is 6.42 Å². The summed E-state index contributed by atoms with van der Waals surface area (Å²) in [4.78, 5) is 0. The van der Waals surface area contributed by atoms with Gasteiger partial charge in [0.05, 0.1) is 11.2 Å². The maximum atomic E-state index is 4.50. The topological polar surface area (TPSA) is 17.3 Å². The first-order valence-corrected chi connectivity index (χ1v) is 5.09. The van der Waals surface area contributed by atoms with Gasteiger partial charge < -0.3 is 0 Å². The molecule has 2 nitrogen and oxygen atoms in total. The molecule has 14 heavy (non-hydrogen) atoms. The molecule has 0 spiro atoms. The summed E-state index contributed by atoms with van der Waals surface area (Å²) in [7, 11) is 0. The fourth-order valence-corrected chi connectivity index (χ4v) is 2.01. The quantitative estimate of drug-likeness (QED) is 0.672. The first kappa shape index (κ1) is 9.25. The molecule has 0 atom stereocenters. The van der Waals surface area contributed by atoms with Crippen LogP contribution in [0.2, 0.25) is 0 Å². The summed E-state index contributed by atoms with van der Waals surface area (Å²) in [6, 6.07) is 2.12. The Labute approximate surface area is 84.6 Å². The van der Waals surface area contributed by atoms with E-state index in [0.717, 1.165) is 12.1 Å². The van der Waals surface area contributed by atoms with E-state index in [1.54, 1.807) is 0 Å². The molecule has 0 saturated carbocycles. The van der Waals surface area contributed by atoms with E-state index in [2.05, 4.69) is 38.9 Å². The Balaban J connectivity index is 2.90. The Morgan fingerprint density at radius 1 is 1.29 bits per heavy atom. The third-order valence-electron chi connectivity index (χ3n) is 2.98. The van der Waals surface area contributed by atoms with Gasteiger partial charge >= 0.3 is 0 Å². The SMILES string of the molecule is CCc1c(C)nn2ccc(C)c(C)c12. The van der Waals surface area contributed by atoms with Gasteiger partial charge in [-0.25, -0.2) is 4.52 Å². The summed E-state index contributed by atoms with van der Waals surface area (Å²) in [5.41, 5.74) is 6.52. The van der Waals surface area contributed by atoms with E-state index in [9.17, 15) is 0 Å². The van der Waals surface area contributed by atoms with Crippen molar-refractivity contribution in [3.63, 3.8) is 0 Å². The monoisotopic (exact) mass is 188 g/mol. The number of pyridine rings is 1. The minimum Gasteiger partial charge on any atom is -0.240 e. The van der Waals surface area contributed by atoms with Gasteiger partial charge in [-0.2, -0.15) is 5.10 Å². The Morgan fingerprint density at radius 2 is 2.00 bits per heavy atom. The summed E-state index contributed by atoms with van der Waals surface area (Å²) in [6.45, 7) is 8.59. The molecule has 0 radical (unpaired) electrons. The Bertz CT molecular complexity index is 481. The van der Waals surface area contributed by atoms with Crippen LogP contribution in [0.5, 0.6) is 0 Å². The van der Waals surface area contributed by atoms with Crippen molar-refractivity contribution < 1.29 is 0 Å². The first-order valence-electron chi connectivity index (χ1n) is 5.09. The second-order valence-corrected chi connectivity index (χ2v) is 3.83. The maximum absolute atomic E-state index is 4.50. The van der Waals surface area contributed by atoms with E-state index < -0.39 is 0 Å². The number of fused-ring (bicyclic) bond motifs is 1. The zero-order valence-electron chi connectivity index (χ0n) is 9.26. The summed E-state index contributed by atoms with van der Waals surface area (Å²) in [6.07, 6.45) is 3.10. The van der Waals surface area contributed by atoms with Crippen molar-refractivity contribution in [2.45, 2.75) is 34.1 Å². The van der Waals surface area contributed by atoms with Crippen LogP contribution in [0.25, 0.3) is 5.52 Å². The highest BCUT2D eigenvalue weighted by atomic mass is 15.2. The predicted molar refractivity (Wildman–Crippen MR) is 58.8 cm³/mol. The molecule has 0 bridgehead atoms. The summed E-state index contributed by atoms with van der Waals surface area (Å²) in [5.74, 6) is 0. The van der Waals surface area contributed by atoms with Crippen molar-refractivity contribution in [1.29, 1.82) is 0 Å². The van der Waals surface area contributed by atoms with Crippen LogP contribution in [0.3, 0.4) is 0 Å². The van der Waals surface area contributed by atoms with Crippen LogP contribution in [-0.4, -0.2) is 9.61 Å². The molecule has 2 aromatic heterocycles. The van der Waals surface area contributed by atoms with E-state index in [0.29, 0.717) is 0 Å². The van der Waals surface area contributed by atoms with E-state index in [1.807, 2.05) is 10.7 Å².